The fraction of sp³-hybridized carbons (Fsp3) is 0.150. The smallest absolute Gasteiger partial charge is 0.126 e. The van der Waals surface area contributed by atoms with Crippen LogP contribution in [0.5, 0.6) is 5.75 Å². The fourth-order valence-corrected chi connectivity index (χ4v) is 2.86. The number of allylic oxidation sites excluding steroid dienone is 1. The zero-order valence-corrected chi connectivity index (χ0v) is 13.8. The lowest BCUT2D eigenvalue weighted by molar-refractivity contribution is 0.413. The maximum Gasteiger partial charge on any atom is 0.126 e. The van der Waals surface area contributed by atoms with Gasteiger partial charge in [0, 0.05) is 35.6 Å². The number of rotatable bonds is 4. The van der Waals surface area contributed by atoms with Crippen molar-refractivity contribution in [2.45, 2.75) is 6.92 Å². The summed E-state index contributed by atoms with van der Waals surface area (Å²) in [5.41, 5.74) is 5.49. The summed E-state index contributed by atoms with van der Waals surface area (Å²) in [6, 6.07) is 9.69. The van der Waals surface area contributed by atoms with Crippen molar-refractivity contribution in [2.75, 3.05) is 13.7 Å². The Morgan fingerprint density at radius 3 is 2.88 bits per heavy atom. The number of methoxy groups -OCH3 is 1. The average molecular weight is 317 g/mol. The van der Waals surface area contributed by atoms with Crippen LogP contribution in [0.4, 0.5) is 0 Å². The van der Waals surface area contributed by atoms with Gasteiger partial charge < -0.3 is 14.6 Å². The third-order valence-corrected chi connectivity index (χ3v) is 4.11. The third kappa shape index (κ3) is 2.61. The van der Waals surface area contributed by atoms with Gasteiger partial charge in [-0.15, -0.1) is 0 Å². The van der Waals surface area contributed by atoms with Gasteiger partial charge in [-0.1, -0.05) is 18.7 Å². The molecule has 0 spiro atoms. The van der Waals surface area contributed by atoms with Crippen LogP contribution in [0, 0.1) is 11.3 Å². The van der Waals surface area contributed by atoms with Crippen LogP contribution in [0.1, 0.15) is 29.3 Å². The lowest BCUT2D eigenvalue weighted by Gasteiger charge is -2.28. The highest BCUT2D eigenvalue weighted by Gasteiger charge is 2.24. The molecule has 1 aromatic heterocycles. The number of aromatic nitrogens is 1. The predicted molar refractivity (Wildman–Crippen MR) is 96.1 cm³/mol. The molecule has 0 radical (unpaired) electrons. The number of nitrogens with zero attached hydrogens (tertiary/aromatic N) is 2. The molecule has 0 atom stereocenters. The monoisotopic (exact) mass is 317 g/mol. The first-order chi connectivity index (χ1) is 11.7. The maximum atomic E-state index is 9.24. The van der Waals surface area contributed by atoms with Crippen molar-refractivity contribution in [3.63, 3.8) is 0 Å². The highest BCUT2D eigenvalue weighted by molar-refractivity contribution is 5.91. The standard InChI is InChI=1S/C20H19N3O/c1-4-5-10-23-13-18(16-8-9-22-20(16)14(23)2)17-11-15(12-21)6-7-19(17)24-3/h4-9,11,13,22H,2,10H2,1,3H3. The zero-order valence-electron chi connectivity index (χ0n) is 13.8. The number of benzene rings is 1. The molecule has 3 rings (SSSR count). The number of H-pyrrole nitrogens is 1. The number of fused-ring (bicyclic) bond motifs is 1. The van der Waals surface area contributed by atoms with Gasteiger partial charge in [-0.05, 0) is 31.2 Å². The molecule has 0 saturated carbocycles. The SMILES string of the molecule is C=C1c2[nH]ccc2C(c2cc(C#N)ccc2OC)=CN1CC=CC. The molecule has 24 heavy (non-hydrogen) atoms. The largest absolute Gasteiger partial charge is 0.496 e. The number of aromatic amines is 1. The Balaban J connectivity index is 2.18. The van der Waals surface area contributed by atoms with Gasteiger partial charge in [0.15, 0.2) is 0 Å². The van der Waals surface area contributed by atoms with Gasteiger partial charge in [-0.3, -0.25) is 0 Å². The van der Waals surface area contributed by atoms with Crippen molar-refractivity contribution in [1.29, 1.82) is 5.26 Å². The lowest BCUT2D eigenvalue weighted by atomic mass is 9.93. The minimum absolute atomic E-state index is 0.605. The van der Waals surface area contributed by atoms with E-state index in [1.807, 2.05) is 37.4 Å². The van der Waals surface area contributed by atoms with Gasteiger partial charge in [0.2, 0.25) is 0 Å². The second-order valence-electron chi connectivity index (χ2n) is 5.50. The predicted octanol–water partition coefficient (Wildman–Crippen LogP) is 4.15. The minimum atomic E-state index is 0.605. The normalized spacial score (nSPS) is 13.6. The van der Waals surface area contributed by atoms with E-state index < -0.39 is 0 Å². The molecule has 4 nitrogen and oxygen atoms in total. The van der Waals surface area contributed by atoms with Gasteiger partial charge in [-0.2, -0.15) is 5.26 Å². The van der Waals surface area contributed by atoms with Crippen molar-refractivity contribution in [1.82, 2.24) is 9.88 Å². The second-order valence-corrected chi connectivity index (χ2v) is 5.50. The third-order valence-electron chi connectivity index (χ3n) is 4.11. The topological polar surface area (TPSA) is 52.1 Å². The van der Waals surface area contributed by atoms with E-state index in [1.54, 1.807) is 13.2 Å². The molecule has 1 N–H and O–H groups in total. The molecule has 0 fully saturated rings. The van der Waals surface area contributed by atoms with E-state index in [1.165, 1.54) is 0 Å². The summed E-state index contributed by atoms with van der Waals surface area (Å²) in [7, 11) is 1.64. The summed E-state index contributed by atoms with van der Waals surface area (Å²) in [5.74, 6) is 0.742. The Kier molecular flexibility index (Phi) is 4.26. The summed E-state index contributed by atoms with van der Waals surface area (Å²) in [4.78, 5) is 5.36. The van der Waals surface area contributed by atoms with E-state index in [0.29, 0.717) is 5.56 Å². The van der Waals surface area contributed by atoms with E-state index in [0.717, 1.165) is 40.4 Å². The van der Waals surface area contributed by atoms with E-state index >= 15 is 0 Å². The molecule has 2 heterocycles. The summed E-state index contributed by atoms with van der Waals surface area (Å²) in [6.07, 6.45) is 8.07. The number of nitriles is 1. The molecule has 0 unspecified atom stereocenters. The molecular formula is C20H19N3O. The van der Waals surface area contributed by atoms with E-state index in [-0.39, 0.29) is 0 Å². The van der Waals surface area contributed by atoms with Crippen molar-refractivity contribution in [2.24, 2.45) is 0 Å². The van der Waals surface area contributed by atoms with Gasteiger partial charge in [0.05, 0.1) is 30.1 Å². The van der Waals surface area contributed by atoms with Crippen LogP contribution in [0.25, 0.3) is 11.3 Å². The summed E-state index contributed by atoms with van der Waals surface area (Å²) in [5, 5.41) is 9.24. The highest BCUT2D eigenvalue weighted by atomic mass is 16.5. The first-order valence-electron chi connectivity index (χ1n) is 7.74. The summed E-state index contributed by atoms with van der Waals surface area (Å²) >= 11 is 0. The first-order valence-corrected chi connectivity index (χ1v) is 7.74. The maximum absolute atomic E-state index is 9.24. The Morgan fingerprint density at radius 2 is 2.17 bits per heavy atom. The number of hydrogen-bond acceptors (Lipinski definition) is 3. The molecule has 0 amide bonds. The van der Waals surface area contributed by atoms with Crippen LogP contribution in [-0.2, 0) is 0 Å². The van der Waals surface area contributed by atoms with Crippen molar-refractivity contribution in [3.8, 4) is 11.8 Å². The van der Waals surface area contributed by atoms with Crippen LogP contribution in [0.15, 0.2) is 55.4 Å². The molecule has 1 aliphatic rings. The van der Waals surface area contributed by atoms with E-state index in [2.05, 4.69) is 34.8 Å². The average Bonchev–Trinajstić information content (AvgIpc) is 3.11. The summed E-state index contributed by atoms with van der Waals surface area (Å²) in [6.45, 7) is 6.93. The molecule has 0 bridgehead atoms. The zero-order chi connectivity index (χ0) is 17.1. The van der Waals surface area contributed by atoms with Gasteiger partial charge in [-0.25, -0.2) is 0 Å². The Labute approximate surface area is 142 Å². The van der Waals surface area contributed by atoms with Crippen LogP contribution in [0.3, 0.4) is 0 Å². The van der Waals surface area contributed by atoms with Crippen LogP contribution in [-0.4, -0.2) is 23.5 Å². The molecule has 2 aromatic rings. The van der Waals surface area contributed by atoms with E-state index in [9.17, 15) is 5.26 Å². The van der Waals surface area contributed by atoms with Crippen molar-refractivity contribution < 1.29 is 4.74 Å². The molecule has 4 heteroatoms. The van der Waals surface area contributed by atoms with Crippen LogP contribution < -0.4 is 4.74 Å². The quantitative estimate of drug-likeness (QED) is 0.862. The highest BCUT2D eigenvalue weighted by Crippen LogP contribution is 2.39. The Hall–Kier alpha value is -3.19. The van der Waals surface area contributed by atoms with Crippen molar-refractivity contribution >= 4 is 11.3 Å². The van der Waals surface area contributed by atoms with Gasteiger partial charge in [0.1, 0.15) is 5.75 Å². The Morgan fingerprint density at radius 1 is 1.33 bits per heavy atom. The van der Waals surface area contributed by atoms with Crippen LogP contribution in [0.2, 0.25) is 0 Å². The van der Waals surface area contributed by atoms with Crippen molar-refractivity contribution in [3.05, 3.63) is 77.8 Å². The van der Waals surface area contributed by atoms with Gasteiger partial charge >= 0.3 is 0 Å². The lowest BCUT2D eigenvalue weighted by Crippen LogP contribution is -2.20. The summed E-state index contributed by atoms with van der Waals surface area (Å²) < 4.78 is 5.52. The minimum Gasteiger partial charge on any atom is -0.496 e. The molecule has 120 valence electrons. The fourth-order valence-electron chi connectivity index (χ4n) is 2.86. The number of nitrogens with one attached hydrogen (secondary N) is 1. The van der Waals surface area contributed by atoms with Gasteiger partial charge in [0.25, 0.3) is 0 Å². The Bertz CT molecular complexity index is 881. The van der Waals surface area contributed by atoms with E-state index in [4.69, 9.17) is 4.74 Å². The molecule has 1 aliphatic heterocycles. The molecule has 0 aliphatic carbocycles. The molecule has 0 saturated heterocycles. The van der Waals surface area contributed by atoms with Crippen LogP contribution >= 0.6 is 0 Å². The molecular weight excluding hydrogens is 298 g/mol. The second kappa shape index (κ2) is 6.51. The number of hydrogen-bond donors (Lipinski definition) is 1. The number of ether oxygens (including phenoxy) is 1. The molecule has 1 aromatic carbocycles. The first kappa shape index (κ1) is 15.7.